The van der Waals surface area contributed by atoms with Gasteiger partial charge in [0, 0.05) is 25.2 Å². The summed E-state index contributed by atoms with van der Waals surface area (Å²) in [6, 6.07) is 7.40. The first-order valence-corrected chi connectivity index (χ1v) is 8.79. The van der Waals surface area contributed by atoms with Crippen LogP contribution in [0, 0.1) is 5.82 Å². The minimum atomic E-state index is -0.392. The fraction of sp³-hybridized carbons (Fsp3) is 0.368. The van der Waals surface area contributed by atoms with Crippen LogP contribution in [0.25, 0.3) is 0 Å². The van der Waals surface area contributed by atoms with Crippen LogP contribution in [0.3, 0.4) is 0 Å². The number of anilines is 1. The largest absolute Gasteiger partial charge is 0.368 e. The Bertz CT molecular complexity index is 871. The predicted molar refractivity (Wildman–Crippen MR) is 98.2 cm³/mol. The number of likely N-dealkylation sites (tertiary alicyclic amines) is 1. The SMILES string of the molecule is CC(C)c1cc(C(=O)NC2CC(=O)N(Cc3cccc(F)c3)C2)nc(N)n1. The van der Waals surface area contributed by atoms with Gasteiger partial charge in [0.25, 0.3) is 5.91 Å². The highest BCUT2D eigenvalue weighted by Gasteiger charge is 2.31. The molecular weight excluding hydrogens is 349 g/mol. The number of nitrogen functional groups attached to an aromatic ring is 1. The summed E-state index contributed by atoms with van der Waals surface area (Å²) in [6.07, 6.45) is 0.193. The van der Waals surface area contributed by atoms with Crippen molar-refractivity contribution in [1.82, 2.24) is 20.2 Å². The molecule has 8 heteroatoms. The molecule has 1 fully saturated rings. The van der Waals surface area contributed by atoms with E-state index in [-0.39, 0.29) is 41.7 Å². The molecule has 142 valence electrons. The summed E-state index contributed by atoms with van der Waals surface area (Å²) in [5.41, 5.74) is 7.26. The molecule has 0 aliphatic carbocycles. The first kappa shape index (κ1) is 18.8. The molecule has 1 aliphatic rings. The van der Waals surface area contributed by atoms with Gasteiger partial charge in [0.1, 0.15) is 11.5 Å². The molecule has 3 rings (SSSR count). The maximum absolute atomic E-state index is 13.3. The highest BCUT2D eigenvalue weighted by Crippen LogP contribution is 2.17. The van der Waals surface area contributed by atoms with Gasteiger partial charge in [0.2, 0.25) is 11.9 Å². The molecule has 2 amide bonds. The van der Waals surface area contributed by atoms with Gasteiger partial charge < -0.3 is 16.0 Å². The molecule has 27 heavy (non-hydrogen) atoms. The van der Waals surface area contributed by atoms with E-state index in [2.05, 4.69) is 15.3 Å². The first-order chi connectivity index (χ1) is 12.8. The molecule has 0 saturated carbocycles. The van der Waals surface area contributed by atoms with Crippen molar-refractivity contribution in [3.8, 4) is 0 Å². The number of carbonyl (C=O) groups excluding carboxylic acids is 2. The minimum absolute atomic E-state index is 0.0431. The molecule has 1 unspecified atom stereocenters. The van der Waals surface area contributed by atoms with Crippen molar-refractivity contribution in [1.29, 1.82) is 0 Å². The van der Waals surface area contributed by atoms with E-state index in [0.29, 0.717) is 24.3 Å². The number of benzene rings is 1. The zero-order valence-corrected chi connectivity index (χ0v) is 15.3. The predicted octanol–water partition coefficient (Wildman–Crippen LogP) is 1.85. The van der Waals surface area contributed by atoms with Gasteiger partial charge in [-0.3, -0.25) is 9.59 Å². The Labute approximate surface area is 156 Å². The van der Waals surface area contributed by atoms with E-state index in [4.69, 9.17) is 5.73 Å². The lowest BCUT2D eigenvalue weighted by Gasteiger charge is -2.17. The van der Waals surface area contributed by atoms with E-state index >= 15 is 0 Å². The van der Waals surface area contributed by atoms with Crippen molar-refractivity contribution >= 4 is 17.8 Å². The average Bonchev–Trinajstić information content (AvgIpc) is 2.93. The van der Waals surface area contributed by atoms with E-state index in [0.717, 1.165) is 0 Å². The van der Waals surface area contributed by atoms with Crippen LogP contribution in [0.2, 0.25) is 0 Å². The summed E-state index contributed by atoms with van der Waals surface area (Å²) < 4.78 is 13.3. The monoisotopic (exact) mass is 371 g/mol. The van der Waals surface area contributed by atoms with Crippen LogP contribution in [0.5, 0.6) is 0 Å². The fourth-order valence-electron chi connectivity index (χ4n) is 3.03. The van der Waals surface area contributed by atoms with Crippen molar-refractivity contribution in [3.05, 3.63) is 53.1 Å². The van der Waals surface area contributed by atoms with Crippen molar-refractivity contribution in [2.24, 2.45) is 0 Å². The lowest BCUT2D eigenvalue weighted by atomic mass is 10.1. The van der Waals surface area contributed by atoms with Gasteiger partial charge in [0.15, 0.2) is 0 Å². The Balaban J connectivity index is 1.65. The third kappa shape index (κ3) is 4.58. The average molecular weight is 371 g/mol. The molecule has 0 bridgehead atoms. The molecule has 7 nitrogen and oxygen atoms in total. The lowest BCUT2D eigenvalue weighted by molar-refractivity contribution is -0.128. The number of nitrogens with zero attached hydrogens (tertiary/aromatic N) is 3. The van der Waals surface area contributed by atoms with E-state index in [9.17, 15) is 14.0 Å². The number of halogens is 1. The summed E-state index contributed by atoms with van der Waals surface area (Å²) in [5.74, 6) is -0.671. The van der Waals surface area contributed by atoms with Crippen molar-refractivity contribution in [2.75, 3.05) is 12.3 Å². The van der Waals surface area contributed by atoms with Gasteiger partial charge in [-0.05, 0) is 29.7 Å². The maximum atomic E-state index is 13.3. The normalized spacial score (nSPS) is 16.8. The molecule has 1 atom stereocenters. The summed E-state index contributed by atoms with van der Waals surface area (Å²) in [7, 11) is 0. The number of rotatable bonds is 5. The number of nitrogens with one attached hydrogen (secondary N) is 1. The molecule has 1 aromatic heterocycles. The van der Waals surface area contributed by atoms with E-state index in [1.54, 1.807) is 23.1 Å². The van der Waals surface area contributed by atoms with Crippen LogP contribution < -0.4 is 11.1 Å². The van der Waals surface area contributed by atoms with Crippen LogP contribution in [0.4, 0.5) is 10.3 Å². The number of hydrogen-bond donors (Lipinski definition) is 2. The van der Waals surface area contributed by atoms with Crippen LogP contribution in [-0.2, 0) is 11.3 Å². The molecule has 2 heterocycles. The molecule has 0 spiro atoms. The van der Waals surface area contributed by atoms with Crippen LogP contribution in [-0.4, -0.2) is 39.3 Å². The number of amides is 2. The zero-order chi connectivity index (χ0) is 19.6. The van der Waals surface area contributed by atoms with E-state index in [1.807, 2.05) is 13.8 Å². The zero-order valence-electron chi connectivity index (χ0n) is 15.3. The summed E-state index contributed by atoms with van der Waals surface area (Å²) in [6.45, 7) is 4.56. The second kappa shape index (κ2) is 7.69. The van der Waals surface area contributed by atoms with Gasteiger partial charge in [0.05, 0.1) is 6.04 Å². The number of carbonyl (C=O) groups is 2. The van der Waals surface area contributed by atoms with Gasteiger partial charge in [-0.2, -0.15) is 0 Å². The Kier molecular flexibility index (Phi) is 5.34. The third-order valence-corrected chi connectivity index (χ3v) is 4.40. The van der Waals surface area contributed by atoms with Crippen LogP contribution in [0.1, 0.15) is 47.9 Å². The van der Waals surface area contributed by atoms with Gasteiger partial charge in [-0.25, -0.2) is 14.4 Å². The number of hydrogen-bond acceptors (Lipinski definition) is 5. The summed E-state index contributed by atoms with van der Waals surface area (Å²) >= 11 is 0. The third-order valence-electron chi connectivity index (χ3n) is 4.40. The van der Waals surface area contributed by atoms with E-state index < -0.39 is 5.91 Å². The Morgan fingerprint density at radius 1 is 1.37 bits per heavy atom. The van der Waals surface area contributed by atoms with Crippen LogP contribution >= 0.6 is 0 Å². The van der Waals surface area contributed by atoms with Crippen molar-refractivity contribution in [3.63, 3.8) is 0 Å². The standard InChI is InChI=1S/C19H22FN5O2/c1-11(2)15-8-16(24-19(21)23-15)18(27)22-14-7-17(26)25(10-14)9-12-4-3-5-13(20)6-12/h3-6,8,11,14H,7,9-10H2,1-2H3,(H,22,27)(H2,21,23,24). The molecule has 3 N–H and O–H groups in total. The van der Waals surface area contributed by atoms with Gasteiger partial charge in [-0.1, -0.05) is 26.0 Å². The highest BCUT2D eigenvalue weighted by atomic mass is 19.1. The second-order valence-corrected chi connectivity index (χ2v) is 6.97. The molecule has 1 aromatic carbocycles. The minimum Gasteiger partial charge on any atom is -0.368 e. The van der Waals surface area contributed by atoms with Gasteiger partial charge >= 0.3 is 0 Å². The molecule has 2 aromatic rings. The Morgan fingerprint density at radius 2 is 2.15 bits per heavy atom. The number of aromatic nitrogens is 2. The smallest absolute Gasteiger partial charge is 0.270 e. The first-order valence-electron chi connectivity index (χ1n) is 8.79. The van der Waals surface area contributed by atoms with Crippen molar-refractivity contribution < 1.29 is 14.0 Å². The second-order valence-electron chi connectivity index (χ2n) is 6.97. The van der Waals surface area contributed by atoms with Crippen LogP contribution in [0.15, 0.2) is 30.3 Å². The Hall–Kier alpha value is -3.03. The topological polar surface area (TPSA) is 101 Å². The molecule has 0 radical (unpaired) electrons. The molecule has 1 aliphatic heterocycles. The van der Waals surface area contributed by atoms with E-state index in [1.165, 1.54) is 12.1 Å². The highest BCUT2D eigenvalue weighted by molar-refractivity contribution is 5.93. The summed E-state index contributed by atoms with van der Waals surface area (Å²) in [5, 5.41) is 2.82. The quantitative estimate of drug-likeness (QED) is 0.835. The molecular formula is C19H22FN5O2. The maximum Gasteiger partial charge on any atom is 0.270 e. The lowest BCUT2D eigenvalue weighted by Crippen LogP contribution is -2.37. The molecule has 1 saturated heterocycles. The fourth-order valence-corrected chi connectivity index (χ4v) is 3.03. The Morgan fingerprint density at radius 3 is 2.85 bits per heavy atom. The van der Waals surface area contributed by atoms with Crippen molar-refractivity contribution in [2.45, 2.75) is 38.8 Å². The summed E-state index contributed by atoms with van der Waals surface area (Å²) in [4.78, 5) is 34.4. The van der Waals surface area contributed by atoms with Gasteiger partial charge in [-0.15, -0.1) is 0 Å². The number of nitrogens with two attached hydrogens (primary N) is 1.